The molecule has 0 fully saturated rings. The van der Waals surface area contributed by atoms with Crippen molar-refractivity contribution in [2.24, 2.45) is 0 Å². The summed E-state index contributed by atoms with van der Waals surface area (Å²) >= 11 is 0. The van der Waals surface area contributed by atoms with Crippen LogP contribution in [0.15, 0.2) is 84.9 Å². The summed E-state index contributed by atoms with van der Waals surface area (Å²) in [7, 11) is 1.69. The number of benzene rings is 2. The fourth-order valence-electron chi connectivity index (χ4n) is 5.81. The van der Waals surface area contributed by atoms with Crippen LogP contribution < -0.4 is 4.74 Å². The molecule has 5 nitrogen and oxygen atoms in total. The molecule has 7 rings (SSSR count). The van der Waals surface area contributed by atoms with Gasteiger partial charge >= 0.3 is 0 Å². The summed E-state index contributed by atoms with van der Waals surface area (Å²) in [5.74, 6) is 0.822. The van der Waals surface area contributed by atoms with Gasteiger partial charge in [0.1, 0.15) is 5.75 Å². The van der Waals surface area contributed by atoms with Crippen molar-refractivity contribution < 1.29 is 4.74 Å². The van der Waals surface area contributed by atoms with Crippen molar-refractivity contribution in [2.45, 2.75) is 32.6 Å². The van der Waals surface area contributed by atoms with E-state index >= 15 is 0 Å². The molecule has 2 aromatic carbocycles. The highest BCUT2D eigenvalue weighted by molar-refractivity contribution is 5.95. The monoisotopic (exact) mass is 536 g/mol. The van der Waals surface area contributed by atoms with Crippen LogP contribution in [0.2, 0.25) is 0 Å². The highest BCUT2D eigenvalue weighted by Crippen LogP contribution is 2.36. The first-order chi connectivity index (χ1) is 19.9. The van der Waals surface area contributed by atoms with Gasteiger partial charge in [-0.05, 0) is 78.7 Å². The second-order valence-electron chi connectivity index (χ2n) is 11.6. The summed E-state index contributed by atoms with van der Waals surface area (Å²) in [5.41, 5.74) is 13.5. The summed E-state index contributed by atoms with van der Waals surface area (Å²) in [4.78, 5) is 17.7. The molecule has 5 heteroatoms. The van der Waals surface area contributed by atoms with E-state index in [0.29, 0.717) is 0 Å². The molecule has 5 heterocycles. The van der Waals surface area contributed by atoms with Gasteiger partial charge in [0.15, 0.2) is 0 Å². The summed E-state index contributed by atoms with van der Waals surface area (Å²) in [6.07, 6.45) is 5.12. The molecular formula is C36H32N4O. The molecule has 0 radical (unpaired) electrons. The van der Waals surface area contributed by atoms with E-state index in [0.717, 1.165) is 79.3 Å². The molecule has 2 aliphatic heterocycles. The molecule has 202 valence electrons. The number of hydrogen-bond donors (Lipinski definition) is 2. The second kappa shape index (κ2) is 9.63. The molecule has 2 N–H and O–H groups in total. The average Bonchev–Trinajstić information content (AvgIpc) is 3.76. The quantitative estimate of drug-likeness (QED) is 0.238. The zero-order chi connectivity index (χ0) is 28.1. The van der Waals surface area contributed by atoms with Crippen LogP contribution >= 0.6 is 0 Å². The van der Waals surface area contributed by atoms with Crippen molar-refractivity contribution in [1.29, 1.82) is 0 Å². The van der Waals surface area contributed by atoms with Crippen molar-refractivity contribution in [3.8, 4) is 28.0 Å². The lowest BCUT2D eigenvalue weighted by atomic mass is 9.87. The lowest BCUT2D eigenvalue weighted by Gasteiger charge is -2.15. The van der Waals surface area contributed by atoms with Crippen molar-refractivity contribution >= 4 is 34.2 Å². The number of ether oxygens (including phenoxy) is 1. The van der Waals surface area contributed by atoms with Crippen LogP contribution in [-0.4, -0.2) is 27.0 Å². The number of hydrogen-bond acceptors (Lipinski definition) is 3. The smallest absolute Gasteiger partial charge is 0.118 e. The number of rotatable bonds is 3. The van der Waals surface area contributed by atoms with Gasteiger partial charge < -0.3 is 14.7 Å². The molecule has 2 aliphatic rings. The number of aryl methyl sites for hydroxylation is 1. The summed E-state index contributed by atoms with van der Waals surface area (Å²) in [5, 5.41) is 0. The average molecular weight is 537 g/mol. The lowest BCUT2D eigenvalue weighted by molar-refractivity contribution is 0.415. The molecule has 0 spiro atoms. The minimum Gasteiger partial charge on any atom is -0.497 e. The Hall–Kier alpha value is -4.90. The minimum absolute atomic E-state index is 0.0634. The van der Waals surface area contributed by atoms with Gasteiger partial charge in [0.25, 0.3) is 0 Å². The fraction of sp³-hybridized carbons (Fsp3) is 0.167. The van der Waals surface area contributed by atoms with Crippen LogP contribution in [0, 0.1) is 6.92 Å². The Morgan fingerprint density at radius 1 is 0.683 bits per heavy atom. The van der Waals surface area contributed by atoms with Crippen molar-refractivity contribution in [3.05, 3.63) is 113 Å². The van der Waals surface area contributed by atoms with E-state index < -0.39 is 0 Å². The summed E-state index contributed by atoms with van der Waals surface area (Å²) in [6, 6.07) is 29.7. The number of nitrogens with zero attached hydrogens (tertiary/aromatic N) is 2. The largest absolute Gasteiger partial charge is 0.497 e. The van der Waals surface area contributed by atoms with Crippen molar-refractivity contribution in [2.75, 3.05) is 7.11 Å². The standard InChI is InChI=1S/C36H32N4O/c1-22-5-7-23(8-6-22)34-30-16-12-26(38-30)20-33-36(2,3)21-27(39-33)19-25-11-15-29(37-25)35(32-18-17-31(34)40-32)24-9-13-28(41-4)14-10-24/h5-20,37-38H,21H2,1-4H3. The highest BCUT2D eigenvalue weighted by atomic mass is 16.5. The predicted octanol–water partition coefficient (Wildman–Crippen LogP) is 8.66. The Kier molecular flexibility index (Phi) is 5.89. The Morgan fingerprint density at radius 3 is 1.83 bits per heavy atom. The minimum atomic E-state index is -0.0634. The Morgan fingerprint density at radius 2 is 1.24 bits per heavy atom. The van der Waals surface area contributed by atoms with Crippen LogP contribution in [0.3, 0.4) is 0 Å². The van der Waals surface area contributed by atoms with Crippen LogP contribution in [0.5, 0.6) is 5.75 Å². The maximum Gasteiger partial charge on any atom is 0.118 e. The van der Waals surface area contributed by atoms with Crippen molar-refractivity contribution in [1.82, 2.24) is 19.9 Å². The molecule has 0 saturated carbocycles. The van der Waals surface area contributed by atoms with Crippen LogP contribution in [-0.2, 0) is 11.8 Å². The molecule has 3 aromatic heterocycles. The van der Waals surface area contributed by atoms with E-state index in [-0.39, 0.29) is 5.41 Å². The van der Waals surface area contributed by atoms with E-state index in [2.05, 4.69) is 116 Å². The van der Waals surface area contributed by atoms with Crippen LogP contribution in [0.25, 0.3) is 56.5 Å². The number of methoxy groups -OCH3 is 1. The van der Waals surface area contributed by atoms with Crippen LogP contribution in [0.4, 0.5) is 0 Å². The topological polar surface area (TPSA) is 66.6 Å². The first-order valence-corrected chi connectivity index (χ1v) is 14.0. The third-order valence-electron chi connectivity index (χ3n) is 8.02. The van der Waals surface area contributed by atoms with Gasteiger partial charge in [-0.1, -0.05) is 55.8 Å². The van der Waals surface area contributed by atoms with E-state index in [9.17, 15) is 0 Å². The number of fused-ring (bicyclic) bond motifs is 8. The third-order valence-corrected chi connectivity index (χ3v) is 8.02. The number of H-pyrrole nitrogens is 2. The van der Waals surface area contributed by atoms with Gasteiger partial charge in [-0.15, -0.1) is 0 Å². The van der Waals surface area contributed by atoms with Gasteiger partial charge in [-0.3, -0.25) is 4.98 Å². The first kappa shape index (κ1) is 25.1. The van der Waals surface area contributed by atoms with Gasteiger partial charge in [0.2, 0.25) is 0 Å². The maximum absolute atomic E-state index is 5.44. The number of nitrogens with one attached hydrogen (secondary N) is 2. The highest BCUT2D eigenvalue weighted by Gasteiger charge is 2.28. The van der Waals surface area contributed by atoms with E-state index in [1.54, 1.807) is 7.11 Å². The Labute approximate surface area is 239 Å². The normalized spacial score (nSPS) is 13.9. The maximum atomic E-state index is 5.44. The van der Waals surface area contributed by atoms with Gasteiger partial charge in [-0.2, -0.15) is 0 Å². The lowest BCUT2D eigenvalue weighted by Crippen LogP contribution is -2.14. The van der Waals surface area contributed by atoms with E-state index in [1.807, 2.05) is 12.1 Å². The van der Waals surface area contributed by atoms with E-state index in [4.69, 9.17) is 14.7 Å². The second-order valence-corrected chi connectivity index (χ2v) is 11.6. The molecule has 0 aliphatic carbocycles. The molecule has 0 saturated heterocycles. The van der Waals surface area contributed by atoms with Crippen LogP contribution in [0.1, 0.15) is 42.2 Å². The molecule has 8 bridgehead atoms. The molecule has 41 heavy (non-hydrogen) atoms. The molecule has 0 amide bonds. The molecule has 0 atom stereocenters. The Bertz CT molecular complexity index is 1970. The van der Waals surface area contributed by atoms with E-state index in [1.165, 1.54) is 5.56 Å². The van der Waals surface area contributed by atoms with Gasteiger partial charge in [0.05, 0.1) is 18.5 Å². The zero-order valence-corrected chi connectivity index (χ0v) is 23.7. The van der Waals surface area contributed by atoms with Crippen molar-refractivity contribution in [3.63, 3.8) is 0 Å². The molecule has 5 aromatic rings. The predicted molar refractivity (Wildman–Crippen MR) is 169 cm³/mol. The molecule has 0 unspecified atom stereocenters. The number of aromatic amines is 2. The summed E-state index contributed by atoms with van der Waals surface area (Å²) in [6.45, 7) is 6.63. The molecular weight excluding hydrogens is 504 g/mol. The van der Waals surface area contributed by atoms with Gasteiger partial charge in [-0.25, -0.2) is 4.98 Å². The summed E-state index contributed by atoms with van der Waals surface area (Å²) < 4.78 is 5.44. The Balaban J connectivity index is 1.61. The third kappa shape index (κ3) is 4.63. The SMILES string of the molecule is COc1ccc(-c2c3nc(c(-c4ccc(C)cc4)c4ccc(cc5nc(cc6ccc2[nH]6)CC5(C)C)[nH]4)C=C3)cc1. The van der Waals surface area contributed by atoms with Gasteiger partial charge in [0, 0.05) is 56.4 Å². The fourth-order valence-corrected chi connectivity index (χ4v) is 5.81. The first-order valence-electron chi connectivity index (χ1n) is 14.0. The zero-order valence-electron chi connectivity index (χ0n) is 23.7. The number of aromatic nitrogens is 4.